The number of nitrogens with zero attached hydrogens (tertiary/aromatic N) is 2. The van der Waals surface area contributed by atoms with E-state index in [1.165, 1.54) is 6.07 Å². The number of halogens is 1. The van der Waals surface area contributed by atoms with E-state index in [-0.39, 0.29) is 11.4 Å². The largest absolute Gasteiger partial charge is 0.409 e. The Hall–Kier alpha value is -1.62. The molecule has 4 nitrogen and oxygen atoms in total. The summed E-state index contributed by atoms with van der Waals surface area (Å²) in [5, 5.41) is 11.5. The number of benzene rings is 1. The average Bonchev–Trinajstić information content (AvgIpc) is 2.38. The van der Waals surface area contributed by atoms with Crippen LogP contribution >= 0.6 is 0 Å². The van der Waals surface area contributed by atoms with Crippen molar-refractivity contribution in [1.82, 2.24) is 4.90 Å². The van der Waals surface area contributed by atoms with Gasteiger partial charge in [0.05, 0.1) is 5.56 Å². The molecule has 0 aliphatic rings. The van der Waals surface area contributed by atoms with Gasteiger partial charge in [-0.25, -0.2) is 4.39 Å². The molecule has 0 saturated heterocycles. The summed E-state index contributed by atoms with van der Waals surface area (Å²) >= 11 is 0. The Balaban J connectivity index is 2.95. The van der Waals surface area contributed by atoms with Crippen molar-refractivity contribution < 1.29 is 9.60 Å². The van der Waals surface area contributed by atoms with Gasteiger partial charge in [0.15, 0.2) is 5.84 Å². The van der Waals surface area contributed by atoms with Crippen molar-refractivity contribution in [3.8, 4) is 0 Å². The first-order valence-electron chi connectivity index (χ1n) is 6.47. The monoisotopic (exact) mass is 267 g/mol. The quantitative estimate of drug-likeness (QED) is 0.360. The van der Waals surface area contributed by atoms with E-state index in [4.69, 9.17) is 10.9 Å². The lowest BCUT2D eigenvalue weighted by Gasteiger charge is -2.23. The molecule has 5 heteroatoms. The van der Waals surface area contributed by atoms with Gasteiger partial charge in [-0.1, -0.05) is 38.1 Å². The minimum atomic E-state index is -0.417. The zero-order chi connectivity index (χ0) is 14.4. The number of rotatable bonds is 6. The summed E-state index contributed by atoms with van der Waals surface area (Å²) in [6.45, 7) is 8.59. The van der Waals surface area contributed by atoms with E-state index >= 15 is 0 Å². The van der Waals surface area contributed by atoms with Gasteiger partial charge in [0.2, 0.25) is 0 Å². The van der Waals surface area contributed by atoms with Crippen LogP contribution in [0.25, 0.3) is 0 Å². The first kappa shape index (κ1) is 15.4. The predicted octanol–water partition coefficient (Wildman–Crippen LogP) is 2.40. The van der Waals surface area contributed by atoms with Gasteiger partial charge in [-0.2, -0.15) is 0 Å². The Morgan fingerprint density at radius 3 is 2.68 bits per heavy atom. The van der Waals surface area contributed by atoms with Crippen LogP contribution in [-0.2, 0) is 6.54 Å². The second-order valence-corrected chi connectivity index (χ2v) is 4.99. The van der Waals surface area contributed by atoms with E-state index < -0.39 is 5.82 Å². The highest BCUT2D eigenvalue weighted by Crippen LogP contribution is 2.15. The maximum atomic E-state index is 14.2. The first-order chi connectivity index (χ1) is 8.99. The van der Waals surface area contributed by atoms with E-state index in [0.717, 1.165) is 13.1 Å². The standard InChI is InChI=1S/C14H22FN3O/c1-4-18(8-10(2)3)9-11-6-5-7-12(13(11)15)14(16)17-19/h5-7,10,19H,4,8-9H2,1-3H3,(H2,16,17). The molecule has 0 amide bonds. The fourth-order valence-corrected chi connectivity index (χ4v) is 2.02. The van der Waals surface area contributed by atoms with Gasteiger partial charge >= 0.3 is 0 Å². The van der Waals surface area contributed by atoms with Gasteiger partial charge in [0.1, 0.15) is 5.82 Å². The molecule has 0 bridgehead atoms. The minimum absolute atomic E-state index is 0.139. The molecule has 1 aromatic rings. The Labute approximate surface area is 113 Å². The van der Waals surface area contributed by atoms with Crippen molar-refractivity contribution in [3.05, 3.63) is 35.1 Å². The van der Waals surface area contributed by atoms with Gasteiger partial charge < -0.3 is 10.9 Å². The normalized spacial score (nSPS) is 12.4. The number of hydrogen-bond acceptors (Lipinski definition) is 3. The maximum absolute atomic E-state index is 14.2. The van der Waals surface area contributed by atoms with E-state index in [0.29, 0.717) is 18.0 Å². The zero-order valence-electron chi connectivity index (χ0n) is 11.7. The Bertz CT molecular complexity index is 446. The summed E-state index contributed by atoms with van der Waals surface area (Å²) in [4.78, 5) is 2.17. The molecule has 0 spiro atoms. The third-order valence-electron chi connectivity index (χ3n) is 2.93. The molecule has 0 saturated carbocycles. The third-order valence-corrected chi connectivity index (χ3v) is 2.93. The van der Waals surface area contributed by atoms with Crippen molar-refractivity contribution >= 4 is 5.84 Å². The van der Waals surface area contributed by atoms with Crippen LogP contribution in [0.2, 0.25) is 0 Å². The lowest BCUT2D eigenvalue weighted by Crippen LogP contribution is -2.28. The minimum Gasteiger partial charge on any atom is -0.409 e. The number of amidine groups is 1. The summed E-state index contributed by atoms with van der Waals surface area (Å²) in [5.74, 6) is -0.0958. The maximum Gasteiger partial charge on any atom is 0.173 e. The molecule has 0 atom stereocenters. The van der Waals surface area contributed by atoms with Crippen LogP contribution < -0.4 is 5.73 Å². The highest BCUT2D eigenvalue weighted by atomic mass is 19.1. The summed E-state index contributed by atoms with van der Waals surface area (Å²) < 4.78 is 14.2. The second kappa shape index (κ2) is 7.09. The van der Waals surface area contributed by atoms with Gasteiger partial charge in [-0.15, -0.1) is 0 Å². The van der Waals surface area contributed by atoms with Crippen LogP contribution in [0, 0.1) is 11.7 Å². The van der Waals surface area contributed by atoms with E-state index in [1.807, 2.05) is 6.92 Å². The lowest BCUT2D eigenvalue weighted by atomic mass is 10.1. The van der Waals surface area contributed by atoms with Crippen LogP contribution in [-0.4, -0.2) is 29.0 Å². The van der Waals surface area contributed by atoms with Crippen LogP contribution in [0.15, 0.2) is 23.4 Å². The second-order valence-electron chi connectivity index (χ2n) is 4.99. The molecule has 0 unspecified atom stereocenters. The molecule has 1 aromatic carbocycles. The molecule has 3 N–H and O–H groups in total. The van der Waals surface area contributed by atoms with Crippen molar-refractivity contribution in [1.29, 1.82) is 0 Å². The van der Waals surface area contributed by atoms with Crippen LogP contribution in [0.4, 0.5) is 4.39 Å². The molecule has 0 aliphatic carbocycles. The molecule has 0 fully saturated rings. The topological polar surface area (TPSA) is 61.8 Å². The lowest BCUT2D eigenvalue weighted by molar-refractivity contribution is 0.245. The van der Waals surface area contributed by atoms with Crippen molar-refractivity contribution in [2.45, 2.75) is 27.3 Å². The van der Waals surface area contributed by atoms with Gasteiger partial charge in [0.25, 0.3) is 0 Å². The molecule has 1 rings (SSSR count). The summed E-state index contributed by atoms with van der Waals surface area (Å²) in [7, 11) is 0. The van der Waals surface area contributed by atoms with Crippen molar-refractivity contribution in [3.63, 3.8) is 0 Å². The van der Waals surface area contributed by atoms with Crippen LogP contribution in [0.1, 0.15) is 31.9 Å². The first-order valence-corrected chi connectivity index (χ1v) is 6.47. The molecule has 0 aliphatic heterocycles. The van der Waals surface area contributed by atoms with Gasteiger partial charge in [0, 0.05) is 18.7 Å². The van der Waals surface area contributed by atoms with Crippen molar-refractivity contribution in [2.24, 2.45) is 16.8 Å². The fourth-order valence-electron chi connectivity index (χ4n) is 2.02. The van der Waals surface area contributed by atoms with Gasteiger partial charge in [-0.05, 0) is 18.5 Å². The van der Waals surface area contributed by atoms with E-state index in [2.05, 4.69) is 23.9 Å². The smallest absolute Gasteiger partial charge is 0.173 e. The number of hydrogen-bond donors (Lipinski definition) is 2. The highest BCUT2D eigenvalue weighted by Gasteiger charge is 2.14. The average molecular weight is 267 g/mol. The Morgan fingerprint density at radius 2 is 2.16 bits per heavy atom. The zero-order valence-corrected chi connectivity index (χ0v) is 11.7. The Morgan fingerprint density at radius 1 is 1.47 bits per heavy atom. The van der Waals surface area contributed by atoms with Crippen molar-refractivity contribution in [2.75, 3.05) is 13.1 Å². The summed E-state index contributed by atoms with van der Waals surface area (Å²) in [6, 6.07) is 4.95. The van der Waals surface area contributed by atoms with Gasteiger partial charge in [-0.3, -0.25) is 4.90 Å². The van der Waals surface area contributed by atoms with E-state index in [9.17, 15) is 4.39 Å². The Kier molecular flexibility index (Phi) is 5.76. The fraction of sp³-hybridized carbons (Fsp3) is 0.500. The number of nitrogens with two attached hydrogens (primary N) is 1. The molecule has 19 heavy (non-hydrogen) atoms. The SMILES string of the molecule is CCN(Cc1cccc(/C(N)=N/O)c1F)CC(C)C. The van der Waals surface area contributed by atoms with Crippen LogP contribution in [0.5, 0.6) is 0 Å². The van der Waals surface area contributed by atoms with E-state index in [1.54, 1.807) is 12.1 Å². The molecular formula is C14H22FN3O. The van der Waals surface area contributed by atoms with Crippen LogP contribution in [0.3, 0.4) is 0 Å². The summed E-state index contributed by atoms with van der Waals surface area (Å²) in [6.07, 6.45) is 0. The highest BCUT2D eigenvalue weighted by molar-refractivity contribution is 5.97. The predicted molar refractivity (Wildman–Crippen MR) is 74.7 cm³/mol. The molecular weight excluding hydrogens is 245 g/mol. The molecule has 106 valence electrons. The molecule has 0 aromatic heterocycles. The summed E-state index contributed by atoms with van der Waals surface area (Å²) in [5.41, 5.74) is 6.16. The molecule has 0 radical (unpaired) electrons. The molecule has 0 heterocycles. The third kappa shape index (κ3) is 4.21. The number of oxime groups is 1.